The second-order valence-electron chi connectivity index (χ2n) is 2.25. The van der Waals surface area contributed by atoms with Gasteiger partial charge in [0.25, 0.3) is 0 Å². The molecule has 0 aliphatic rings. The monoisotopic (exact) mass is 184 g/mol. The summed E-state index contributed by atoms with van der Waals surface area (Å²) in [6.45, 7) is 0.487. The predicted octanol–water partition coefficient (Wildman–Crippen LogP) is 1.30. The van der Waals surface area contributed by atoms with Crippen LogP contribution in [0.1, 0.15) is 5.56 Å². The van der Waals surface area contributed by atoms with Crippen molar-refractivity contribution in [3.63, 3.8) is 0 Å². The van der Waals surface area contributed by atoms with Gasteiger partial charge < -0.3 is 0 Å². The van der Waals surface area contributed by atoms with E-state index in [2.05, 4.69) is 5.43 Å². The molecule has 1 rings (SSSR count). The van der Waals surface area contributed by atoms with Crippen LogP contribution in [-0.4, -0.2) is 10.9 Å². The fourth-order valence-electron chi connectivity index (χ4n) is 0.847. The quantitative estimate of drug-likeness (QED) is 0.435. The molecule has 3 nitrogen and oxygen atoms in total. The molecule has 0 saturated carbocycles. The number of halogens is 1. The zero-order valence-electron chi connectivity index (χ0n) is 6.40. The molecular weight excluding hydrogens is 176 g/mol. The maximum Gasteiger partial charge on any atom is 0.222 e. The summed E-state index contributed by atoms with van der Waals surface area (Å²) in [4.78, 5) is 9.97. The standard InChI is InChI=1S/C8H9ClN2O/c9-11(10-7-12)6-8-4-2-1-3-5-8/h1-5,7H,6H2,(H,10,12). The summed E-state index contributed by atoms with van der Waals surface area (Å²) in [7, 11) is 0. The van der Waals surface area contributed by atoms with Gasteiger partial charge in [-0.15, -0.1) is 4.53 Å². The van der Waals surface area contributed by atoms with Crippen LogP contribution in [0.15, 0.2) is 30.3 Å². The van der Waals surface area contributed by atoms with Crippen LogP contribution in [0.3, 0.4) is 0 Å². The molecule has 0 heterocycles. The number of carbonyl (C=O) groups excluding carboxylic acids is 1. The van der Waals surface area contributed by atoms with Crippen molar-refractivity contribution in [2.24, 2.45) is 0 Å². The number of hydrazine groups is 1. The van der Waals surface area contributed by atoms with Gasteiger partial charge in [-0.3, -0.25) is 10.2 Å². The van der Waals surface area contributed by atoms with Crippen molar-refractivity contribution >= 4 is 18.2 Å². The lowest BCUT2D eigenvalue weighted by Gasteiger charge is -2.10. The molecule has 64 valence electrons. The van der Waals surface area contributed by atoms with Gasteiger partial charge in [-0.1, -0.05) is 30.3 Å². The molecule has 0 bridgehead atoms. The van der Waals surface area contributed by atoms with Crippen LogP contribution in [0.5, 0.6) is 0 Å². The van der Waals surface area contributed by atoms with E-state index in [9.17, 15) is 4.79 Å². The van der Waals surface area contributed by atoms with Crippen LogP contribution < -0.4 is 5.43 Å². The average molecular weight is 185 g/mol. The first-order valence-electron chi connectivity index (χ1n) is 3.50. The van der Waals surface area contributed by atoms with E-state index in [1.54, 1.807) is 0 Å². The molecule has 0 aliphatic carbocycles. The van der Waals surface area contributed by atoms with Gasteiger partial charge in [0.15, 0.2) is 0 Å². The number of hydrogen-bond acceptors (Lipinski definition) is 2. The maximum absolute atomic E-state index is 9.97. The third-order valence-corrected chi connectivity index (χ3v) is 1.57. The first kappa shape index (κ1) is 9.03. The predicted molar refractivity (Wildman–Crippen MR) is 47.0 cm³/mol. The Morgan fingerprint density at radius 2 is 2.08 bits per heavy atom. The third-order valence-electron chi connectivity index (χ3n) is 1.36. The van der Waals surface area contributed by atoms with Crippen LogP contribution in [0.4, 0.5) is 0 Å². The highest BCUT2D eigenvalue weighted by Gasteiger charge is 1.98. The highest BCUT2D eigenvalue weighted by atomic mass is 35.5. The average Bonchev–Trinajstić information content (AvgIpc) is 2.06. The van der Waals surface area contributed by atoms with Crippen molar-refractivity contribution in [2.75, 3.05) is 0 Å². The molecule has 1 amide bonds. The molecule has 12 heavy (non-hydrogen) atoms. The Kier molecular flexibility index (Phi) is 3.57. The zero-order valence-corrected chi connectivity index (χ0v) is 7.16. The number of nitrogens with one attached hydrogen (secondary N) is 1. The minimum atomic E-state index is 0.487. The topological polar surface area (TPSA) is 32.3 Å². The summed E-state index contributed by atoms with van der Waals surface area (Å²) in [5, 5.41) is 0. The zero-order chi connectivity index (χ0) is 8.81. The van der Waals surface area contributed by atoms with Crippen LogP contribution in [-0.2, 0) is 11.3 Å². The second-order valence-corrected chi connectivity index (χ2v) is 2.66. The molecule has 0 spiro atoms. The van der Waals surface area contributed by atoms with Crippen molar-refractivity contribution in [1.29, 1.82) is 0 Å². The highest BCUT2D eigenvalue weighted by Crippen LogP contribution is 2.02. The Labute approximate surface area is 76.0 Å². The van der Waals surface area contributed by atoms with Gasteiger partial charge in [0.2, 0.25) is 6.41 Å². The molecule has 0 aromatic heterocycles. The lowest BCUT2D eigenvalue weighted by molar-refractivity contribution is -0.112. The first-order chi connectivity index (χ1) is 5.83. The van der Waals surface area contributed by atoms with Gasteiger partial charge >= 0.3 is 0 Å². The number of amides is 1. The van der Waals surface area contributed by atoms with Crippen LogP contribution in [0.2, 0.25) is 0 Å². The van der Waals surface area contributed by atoms with E-state index in [-0.39, 0.29) is 0 Å². The smallest absolute Gasteiger partial charge is 0.222 e. The molecule has 0 radical (unpaired) electrons. The minimum Gasteiger partial charge on any atom is -0.277 e. The summed E-state index contributed by atoms with van der Waals surface area (Å²) in [6, 6.07) is 9.63. The Balaban J connectivity index is 2.46. The second kappa shape index (κ2) is 4.74. The molecule has 0 atom stereocenters. The number of benzene rings is 1. The Bertz CT molecular complexity index is 240. The SMILES string of the molecule is O=CNN(Cl)Cc1ccccc1. The lowest BCUT2D eigenvalue weighted by Crippen LogP contribution is -2.27. The number of nitrogens with zero attached hydrogens (tertiary/aromatic N) is 1. The molecule has 1 N–H and O–H groups in total. The molecule has 1 aromatic rings. The molecule has 1 aromatic carbocycles. The van der Waals surface area contributed by atoms with Gasteiger partial charge in [-0.2, -0.15) is 0 Å². The van der Waals surface area contributed by atoms with E-state index in [0.717, 1.165) is 5.56 Å². The molecule has 0 saturated heterocycles. The fourth-order valence-corrected chi connectivity index (χ4v) is 1.02. The first-order valence-corrected chi connectivity index (χ1v) is 3.84. The molecular formula is C8H9ClN2O. The molecule has 0 fully saturated rings. The summed E-state index contributed by atoms with van der Waals surface area (Å²) in [5.41, 5.74) is 3.36. The van der Waals surface area contributed by atoms with Gasteiger partial charge in [0.1, 0.15) is 0 Å². The van der Waals surface area contributed by atoms with E-state index >= 15 is 0 Å². The van der Waals surface area contributed by atoms with Crippen molar-refractivity contribution < 1.29 is 4.79 Å². The largest absolute Gasteiger partial charge is 0.277 e. The van der Waals surface area contributed by atoms with Gasteiger partial charge in [-0.25, -0.2) is 0 Å². The van der Waals surface area contributed by atoms with E-state index < -0.39 is 0 Å². The van der Waals surface area contributed by atoms with Crippen molar-refractivity contribution in [1.82, 2.24) is 9.95 Å². The summed E-state index contributed by atoms with van der Waals surface area (Å²) < 4.78 is 1.20. The van der Waals surface area contributed by atoms with Gasteiger partial charge in [0, 0.05) is 11.8 Å². The van der Waals surface area contributed by atoms with E-state index in [0.29, 0.717) is 13.0 Å². The minimum absolute atomic E-state index is 0.487. The van der Waals surface area contributed by atoms with E-state index in [1.165, 1.54) is 4.53 Å². The van der Waals surface area contributed by atoms with E-state index in [1.807, 2.05) is 30.3 Å². The van der Waals surface area contributed by atoms with Crippen molar-refractivity contribution in [3.8, 4) is 0 Å². The maximum atomic E-state index is 9.97. The summed E-state index contributed by atoms with van der Waals surface area (Å²) >= 11 is 5.61. The Morgan fingerprint density at radius 1 is 1.42 bits per heavy atom. The number of carbonyl (C=O) groups is 1. The highest BCUT2D eigenvalue weighted by molar-refractivity contribution is 6.13. The van der Waals surface area contributed by atoms with Gasteiger partial charge in [-0.05, 0) is 5.56 Å². The number of hydrogen-bond donors (Lipinski definition) is 1. The Morgan fingerprint density at radius 3 is 2.67 bits per heavy atom. The van der Waals surface area contributed by atoms with Crippen molar-refractivity contribution in [3.05, 3.63) is 35.9 Å². The number of rotatable bonds is 4. The molecule has 0 aliphatic heterocycles. The van der Waals surface area contributed by atoms with E-state index in [4.69, 9.17) is 11.8 Å². The Hall–Kier alpha value is -1.06. The van der Waals surface area contributed by atoms with Crippen LogP contribution in [0.25, 0.3) is 0 Å². The lowest BCUT2D eigenvalue weighted by atomic mass is 10.2. The summed E-state index contributed by atoms with van der Waals surface area (Å²) in [6.07, 6.45) is 0.538. The third kappa shape index (κ3) is 2.90. The van der Waals surface area contributed by atoms with Gasteiger partial charge in [0.05, 0.1) is 6.54 Å². The molecule has 4 heteroatoms. The van der Waals surface area contributed by atoms with Crippen LogP contribution >= 0.6 is 11.8 Å². The summed E-state index contributed by atoms with van der Waals surface area (Å²) in [5.74, 6) is 0. The normalized spacial score (nSPS) is 9.83. The molecule has 0 unspecified atom stereocenters. The fraction of sp³-hybridized carbons (Fsp3) is 0.125. The van der Waals surface area contributed by atoms with Crippen LogP contribution in [0, 0.1) is 0 Å². The van der Waals surface area contributed by atoms with Crippen molar-refractivity contribution in [2.45, 2.75) is 6.54 Å².